The molecule has 44 heavy (non-hydrogen) atoms. The maximum absolute atomic E-state index is 15.4. The largest absolute Gasteiger partial charge is 0.388 e. The average molecular weight is 630 g/mol. The second-order valence-electron chi connectivity index (χ2n) is 11.0. The molecule has 4 aromatic rings. The summed E-state index contributed by atoms with van der Waals surface area (Å²) in [5, 5.41) is 3.88. The number of hydrogen-bond acceptors (Lipinski definition) is 5. The van der Waals surface area contributed by atoms with Crippen LogP contribution in [0.25, 0.3) is 28.0 Å². The molecule has 0 amide bonds. The van der Waals surface area contributed by atoms with Crippen LogP contribution in [0.4, 0.5) is 13.2 Å². The van der Waals surface area contributed by atoms with Crippen molar-refractivity contribution in [1.82, 2.24) is 19.9 Å². The third-order valence-corrected chi connectivity index (χ3v) is 7.70. The lowest BCUT2D eigenvalue weighted by Gasteiger charge is -2.20. The first-order valence-electron chi connectivity index (χ1n) is 14.8. The lowest BCUT2D eigenvalue weighted by molar-refractivity contribution is 0.407. The van der Waals surface area contributed by atoms with Crippen molar-refractivity contribution in [3.8, 4) is 16.9 Å². The number of fused-ring (bicyclic) bond motifs is 1. The number of aryl methyl sites for hydroxylation is 1. The van der Waals surface area contributed by atoms with E-state index in [0.717, 1.165) is 24.8 Å². The molecule has 0 fully saturated rings. The van der Waals surface area contributed by atoms with Crippen molar-refractivity contribution < 1.29 is 13.2 Å². The maximum Gasteiger partial charge on any atom is 0.354 e. The fourth-order valence-corrected chi connectivity index (χ4v) is 5.41. The van der Waals surface area contributed by atoms with Gasteiger partial charge in [-0.2, -0.15) is 4.98 Å². The van der Waals surface area contributed by atoms with Gasteiger partial charge in [0.2, 0.25) is 0 Å². The number of aromatic amines is 1. The van der Waals surface area contributed by atoms with Crippen LogP contribution in [-0.4, -0.2) is 46.2 Å². The summed E-state index contributed by atoms with van der Waals surface area (Å²) in [4.78, 5) is 24.3. The fourth-order valence-electron chi connectivity index (χ4n) is 5.17. The summed E-state index contributed by atoms with van der Waals surface area (Å²) in [5.74, 6) is -0.523. The minimum absolute atomic E-state index is 0.0518. The van der Waals surface area contributed by atoms with Crippen molar-refractivity contribution in [3.63, 3.8) is 0 Å². The second kappa shape index (κ2) is 15.4. The molecule has 2 unspecified atom stereocenters. The monoisotopic (exact) mass is 629 g/mol. The van der Waals surface area contributed by atoms with E-state index in [0.29, 0.717) is 60.5 Å². The molecular formula is C32H39ClF3N7O. The number of alkyl halides is 1. The first-order chi connectivity index (χ1) is 21.1. The lowest BCUT2D eigenvalue weighted by atomic mass is 10.0. The summed E-state index contributed by atoms with van der Waals surface area (Å²) in [6.07, 6.45) is 5.56. The van der Waals surface area contributed by atoms with Gasteiger partial charge in [0.1, 0.15) is 18.1 Å². The summed E-state index contributed by atoms with van der Waals surface area (Å²) in [6.45, 7) is 4.43. The van der Waals surface area contributed by atoms with Crippen molar-refractivity contribution in [2.24, 2.45) is 16.5 Å². The Hall–Kier alpha value is -3.67. The highest BCUT2D eigenvalue weighted by Gasteiger charge is 2.18. The minimum Gasteiger partial charge on any atom is -0.388 e. The number of nitrogens with zero attached hydrogens (tertiary/aromatic N) is 3. The van der Waals surface area contributed by atoms with Gasteiger partial charge in [-0.25, -0.2) is 18.0 Å². The molecule has 236 valence electrons. The highest BCUT2D eigenvalue weighted by molar-refractivity contribution is 6.31. The van der Waals surface area contributed by atoms with Crippen molar-refractivity contribution in [1.29, 1.82) is 0 Å². The molecule has 0 saturated heterocycles. The summed E-state index contributed by atoms with van der Waals surface area (Å²) in [5.41, 5.74) is 13.1. The Kier molecular flexibility index (Phi) is 11.6. The van der Waals surface area contributed by atoms with Gasteiger partial charge in [-0.1, -0.05) is 31.0 Å². The van der Waals surface area contributed by atoms with Crippen molar-refractivity contribution in [2.45, 2.75) is 64.5 Å². The van der Waals surface area contributed by atoms with Gasteiger partial charge in [0, 0.05) is 41.3 Å². The van der Waals surface area contributed by atoms with E-state index in [2.05, 4.69) is 20.3 Å². The molecule has 0 bridgehead atoms. The molecule has 0 saturated carbocycles. The Bertz CT molecular complexity index is 1670. The van der Waals surface area contributed by atoms with E-state index in [1.54, 1.807) is 43.5 Å². The van der Waals surface area contributed by atoms with Crippen LogP contribution in [0.2, 0.25) is 5.02 Å². The van der Waals surface area contributed by atoms with Gasteiger partial charge in [0.25, 0.3) is 0 Å². The quantitative estimate of drug-likeness (QED) is 0.0715. The van der Waals surface area contributed by atoms with Crippen LogP contribution >= 0.6 is 11.6 Å². The van der Waals surface area contributed by atoms with Crippen molar-refractivity contribution >= 4 is 28.5 Å². The van der Waals surface area contributed by atoms with Crippen molar-refractivity contribution in [3.05, 3.63) is 80.9 Å². The van der Waals surface area contributed by atoms with Crippen LogP contribution in [0.5, 0.6) is 0 Å². The molecule has 2 aromatic heterocycles. The minimum atomic E-state index is -0.618. The maximum atomic E-state index is 15.4. The first-order valence-corrected chi connectivity index (χ1v) is 15.2. The van der Waals surface area contributed by atoms with E-state index in [9.17, 15) is 9.18 Å². The van der Waals surface area contributed by atoms with Crippen LogP contribution < -0.4 is 22.5 Å². The smallest absolute Gasteiger partial charge is 0.354 e. The Labute approximate surface area is 259 Å². The molecule has 0 radical (unpaired) electrons. The van der Waals surface area contributed by atoms with Crippen molar-refractivity contribution in [2.75, 3.05) is 19.8 Å². The predicted octanol–water partition coefficient (Wildman–Crippen LogP) is 6.13. The van der Waals surface area contributed by atoms with E-state index in [1.165, 1.54) is 10.6 Å². The third-order valence-electron chi connectivity index (χ3n) is 7.43. The number of nitrogens with two attached hydrogens (primary N) is 2. The van der Waals surface area contributed by atoms with Crippen LogP contribution in [0.3, 0.4) is 0 Å². The second-order valence-corrected chi connectivity index (χ2v) is 11.4. The Morgan fingerprint density at radius 3 is 2.68 bits per heavy atom. The lowest BCUT2D eigenvalue weighted by Crippen LogP contribution is -2.25. The summed E-state index contributed by atoms with van der Waals surface area (Å²) in [6, 6.07) is 8.84. The molecule has 2 atom stereocenters. The molecule has 6 N–H and O–H groups in total. The molecule has 0 aliphatic rings. The zero-order valence-electron chi connectivity index (χ0n) is 25.0. The number of H-pyrrole nitrogens is 1. The summed E-state index contributed by atoms with van der Waals surface area (Å²) in [7, 11) is 0. The molecule has 0 aliphatic carbocycles. The van der Waals surface area contributed by atoms with Crippen LogP contribution in [0, 0.1) is 11.6 Å². The van der Waals surface area contributed by atoms with Gasteiger partial charge in [0.05, 0.1) is 22.2 Å². The normalized spacial score (nSPS) is 13.5. The van der Waals surface area contributed by atoms with Gasteiger partial charge in [0.15, 0.2) is 5.82 Å². The van der Waals surface area contributed by atoms with E-state index >= 15 is 8.78 Å². The molecule has 12 heteroatoms. The number of aliphatic imine (C=N–C) groups is 1. The van der Waals surface area contributed by atoms with E-state index in [-0.39, 0.29) is 22.3 Å². The fraction of sp³-hybridized carbons (Fsp3) is 0.406. The molecule has 4 rings (SSSR count). The zero-order chi connectivity index (χ0) is 31.8. The number of nitrogens with one attached hydrogen (secondary N) is 2. The molecular weight excluding hydrogens is 591 g/mol. The van der Waals surface area contributed by atoms with E-state index in [4.69, 9.17) is 23.1 Å². The van der Waals surface area contributed by atoms with Gasteiger partial charge >= 0.3 is 5.69 Å². The van der Waals surface area contributed by atoms with Crippen LogP contribution in [0.15, 0.2) is 52.4 Å². The number of amidine groups is 1. The SMILES string of the molecule is CCCC(NCCCN=C(C)N)c1ccc(-n2cc3cc(-c4cc(CCCC(N)CF)cc(Cl)c4F)[nH]c3nc2=O)cc1F. The number of halogens is 4. The molecule has 0 aliphatic heterocycles. The van der Waals surface area contributed by atoms with Gasteiger partial charge in [-0.15, -0.1) is 0 Å². The van der Waals surface area contributed by atoms with E-state index < -0.39 is 30.0 Å². The topological polar surface area (TPSA) is 127 Å². The number of aromatic nitrogens is 3. The molecule has 2 heterocycles. The number of rotatable bonds is 15. The Morgan fingerprint density at radius 1 is 1.18 bits per heavy atom. The highest BCUT2D eigenvalue weighted by atomic mass is 35.5. The van der Waals surface area contributed by atoms with Gasteiger partial charge in [-0.3, -0.25) is 9.56 Å². The van der Waals surface area contributed by atoms with Gasteiger partial charge < -0.3 is 21.8 Å². The summed E-state index contributed by atoms with van der Waals surface area (Å²) < 4.78 is 44.5. The number of benzene rings is 2. The van der Waals surface area contributed by atoms with E-state index in [1.807, 2.05) is 6.92 Å². The standard InChI is InChI=1S/C32H39ClF3N7O/c1-3-6-28(40-12-5-11-39-19(2)37)24-10-9-23(16-27(24)35)43-18-21-15-29(41-31(21)42-32(43)44)25-13-20(14-26(33)30(25)36)7-4-8-22(38)17-34/h9-10,13-16,18,22,28,40H,3-8,11-12,17,38H2,1-2H3,(H2,37,39)(H,41,42,44). The van der Waals surface area contributed by atoms with Gasteiger partial charge in [-0.05, 0) is 81.5 Å². The Morgan fingerprint density at radius 2 is 1.98 bits per heavy atom. The highest BCUT2D eigenvalue weighted by Crippen LogP contribution is 2.31. The zero-order valence-corrected chi connectivity index (χ0v) is 25.7. The Balaban J connectivity index is 1.58. The average Bonchev–Trinajstić information content (AvgIpc) is 3.40. The molecule has 0 spiro atoms. The first kappa shape index (κ1) is 33.2. The predicted molar refractivity (Wildman–Crippen MR) is 171 cm³/mol. The van der Waals surface area contributed by atoms with Crippen LogP contribution in [0.1, 0.15) is 63.1 Å². The molecule has 8 nitrogen and oxygen atoms in total. The molecule has 2 aromatic carbocycles. The number of hydrogen-bond donors (Lipinski definition) is 4. The summed E-state index contributed by atoms with van der Waals surface area (Å²) >= 11 is 6.20. The third kappa shape index (κ3) is 8.28. The van der Waals surface area contributed by atoms with Crippen LogP contribution in [-0.2, 0) is 6.42 Å².